The Bertz CT molecular complexity index is 585. The predicted octanol–water partition coefficient (Wildman–Crippen LogP) is 7.04. The summed E-state index contributed by atoms with van der Waals surface area (Å²) in [6, 6.07) is 9.44. The van der Waals surface area contributed by atoms with Gasteiger partial charge in [0.1, 0.15) is 5.70 Å². The first-order valence-electron chi connectivity index (χ1n) is 8.60. The lowest BCUT2D eigenvalue weighted by atomic mass is 10.1. The molecule has 1 aromatic carbocycles. The SMILES string of the molecule is C=N/C(=C(\C=C\Cl)OC(=O)SCCCCCCCC)c1ccccc1. The van der Waals surface area contributed by atoms with Crippen LogP contribution in [0, 0.1) is 0 Å². The molecular weight excluding hydrogens is 354 g/mol. The van der Waals surface area contributed by atoms with Gasteiger partial charge in [-0.3, -0.25) is 4.99 Å². The Kier molecular flexibility index (Phi) is 11.8. The van der Waals surface area contributed by atoms with Gasteiger partial charge >= 0.3 is 5.30 Å². The summed E-state index contributed by atoms with van der Waals surface area (Å²) in [6.45, 7) is 5.78. The maximum absolute atomic E-state index is 12.1. The van der Waals surface area contributed by atoms with Gasteiger partial charge in [0.05, 0.1) is 0 Å². The van der Waals surface area contributed by atoms with E-state index in [1.165, 1.54) is 49.1 Å². The maximum atomic E-state index is 12.1. The van der Waals surface area contributed by atoms with Gasteiger partial charge in [-0.25, -0.2) is 4.79 Å². The first kappa shape index (κ1) is 21.5. The summed E-state index contributed by atoms with van der Waals surface area (Å²) in [7, 11) is 0. The predicted molar refractivity (Wildman–Crippen MR) is 110 cm³/mol. The topological polar surface area (TPSA) is 38.7 Å². The molecule has 1 aromatic rings. The molecule has 25 heavy (non-hydrogen) atoms. The van der Waals surface area contributed by atoms with Crippen molar-refractivity contribution in [2.24, 2.45) is 4.99 Å². The molecule has 0 unspecified atom stereocenters. The van der Waals surface area contributed by atoms with E-state index in [4.69, 9.17) is 16.3 Å². The fourth-order valence-corrected chi connectivity index (χ4v) is 3.06. The molecule has 136 valence electrons. The van der Waals surface area contributed by atoms with Crippen LogP contribution in [0.3, 0.4) is 0 Å². The third-order valence-corrected chi connectivity index (χ3v) is 4.50. The Morgan fingerprint density at radius 2 is 1.88 bits per heavy atom. The van der Waals surface area contributed by atoms with E-state index < -0.39 is 0 Å². The van der Waals surface area contributed by atoms with Crippen LogP contribution in [0.4, 0.5) is 4.79 Å². The number of aliphatic imine (C=N–C) groups is 1. The lowest BCUT2D eigenvalue weighted by molar-refractivity contribution is 0.208. The van der Waals surface area contributed by atoms with E-state index >= 15 is 0 Å². The Morgan fingerprint density at radius 3 is 2.52 bits per heavy atom. The normalized spacial score (nSPS) is 12.1. The first-order valence-corrected chi connectivity index (χ1v) is 10.0. The van der Waals surface area contributed by atoms with Gasteiger partial charge in [0.2, 0.25) is 0 Å². The Labute approximate surface area is 160 Å². The molecule has 0 atom stereocenters. The molecule has 0 N–H and O–H groups in total. The zero-order valence-corrected chi connectivity index (χ0v) is 16.3. The van der Waals surface area contributed by atoms with E-state index in [-0.39, 0.29) is 5.30 Å². The minimum absolute atomic E-state index is 0.302. The number of hydrogen-bond donors (Lipinski definition) is 0. The molecular formula is C20H26ClNO2S. The number of allylic oxidation sites excluding steroid dienone is 1. The molecule has 0 aromatic heterocycles. The summed E-state index contributed by atoms with van der Waals surface area (Å²) in [5.41, 5.74) is 2.61. The number of nitrogens with zero attached hydrogens (tertiary/aromatic N) is 1. The van der Waals surface area contributed by atoms with Gasteiger partial charge < -0.3 is 4.74 Å². The van der Waals surface area contributed by atoms with Gasteiger partial charge in [-0.2, -0.15) is 0 Å². The molecule has 3 nitrogen and oxygen atoms in total. The molecule has 0 heterocycles. The Balaban J connectivity index is 2.58. The van der Waals surface area contributed by atoms with Gasteiger partial charge in [0.25, 0.3) is 0 Å². The Morgan fingerprint density at radius 1 is 1.20 bits per heavy atom. The number of rotatable bonds is 11. The second kappa shape index (κ2) is 13.7. The van der Waals surface area contributed by atoms with Crippen molar-refractivity contribution < 1.29 is 9.53 Å². The van der Waals surface area contributed by atoms with Crippen LogP contribution in [0.1, 0.15) is 51.0 Å². The first-order chi connectivity index (χ1) is 12.2. The number of thioether (sulfide) groups is 1. The molecule has 0 amide bonds. The van der Waals surface area contributed by atoms with Gasteiger partial charge in [-0.05, 0) is 31.0 Å². The van der Waals surface area contributed by atoms with Crippen LogP contribution in [0.2, 0.25) is 0 Å². The minimum Gasteiger partial charge on any atom is -0.416 e. The number of hydrogen-bond acceptors (Lipinski definition) is 4. The zero-order valence-electron chi connectivity index (χ0n) is 14.7. The van der Waals surface area contributed by atoms with E-state index in [2.05, 4.69) is 18.6 Å². The van der Waals surface area contributed by atoms with Crippen molar-refractivity contribution in [2.45, 2.75) is 45.4 Å². The van der Waals surface area contributed by atoms with E-state index in [9.17, 15) is 4.79 Å². The summed E-state index contributed by atoms with van der Waals surface area (Å²) in [4.78, 5) is 16.1. The molecule has 0 aliphatic heterocycles. The van der Waals surface area contributed by atoms with Crippen LogP contribution < -0.4 is 0 Å². The second-order valence-corrected chi connectivity index (χ2v) is 6.78. The molecule has 0 fully saturated rings. The lowest BCUT2D eigenvalue weighted by Crippen LogP contribution is -2.00. The largest absolute Gasteiger partial charge is 0.416 e. The van der Waals surface area contributed by atoms with E-state index in [1.807, 2.05) is 30.3 Å². The van der Waals surface area contributed by atoms with Crippen LogP contribution >= 0.6 is 23.4 Å². The van der Waals surface area contributed by atoms with E-state index in [0.717, 1.165) is 24.2 Å². The third-order valence-electron chi connectivity index (χ3n) is 3.56. The van der Waals surface area contributed by atoms with Crippen molar-refractivity contribution in [1.82, 2.24) is 0 Å². The fourth-order valence-electron chi connectivity index (χ4n) is 2.28. The van der Waals surface area contributed by atoms with Crippen LogP contribution in [-0.4, -0.2) is 17.8 Å². The smallest absolute Gasteiger partial charge is 0.372 e. The summed E-state index contributed by atoms with van der Waals surface area (Å²) in [5.74, 6) is 1.06. The van der Waals surface area contributed by atoms with Gasteiger partial charge in [0, 0.05) is 16.9 Å². The van der Waals surface area contributed by atoms with Crippen molar-refractivity contribution in [3.63, 3.8) is 0 Å². The molecule has 0 aliphatic carbocycles. The van der Waals surface area contributed by atoms with E-state index in [0.29, 0.717) is 11.5 Å². The number of carbonyl (C=O) groups excluding carboxylic acids is 1. The van der Waals surface area contributed by atoms with E-state index in [1.54, 1.807) is 0 Å². The minimum atomic E-state index is -0.351. The highest BCUT2D eigenvalue weighted by atomic mass is 35.5. The monoisotopic (exact) mass is 379 g/mol. The Hall–Kier alpha value is -1.52. The van der Waals surface area contributed by atoms with Crippen molar-refractivity contribution in [2.75, 3.05) is 5.75 Å². The zero-order chi connectivity index (χ0) is 18.3. The highest BCUT2D eigenvalue weighted by molar-refractivity contribution is 8.13. The fraction of sp³-hybridized carbons (Fsp3) is 0.400. The average molecular weight is 380 g/mol. The molecule has 5 heteroatoms. The van der Waals surface area contributed by atoms with Gasteiger partial charge in [-0.1, -0.05) is 81.0 Å². The van der Waals surface area contributed by atoms with Gasteiger partial charge in [-0.15, -0.1) is 0 Å². The summed E-state index contributed by atoms with van der Waals surface area (Å²) < 4.78 is 5.44. The summed E-state index contributed by atoms with van der Waals surface area (Å²) in [6.07, 6.45) is 8.69. The van der Waals surface area contributed by atoms with Crippen LogP contribution in [-0.2, 0) is 4.74 Å². The van der Waals surface area contributed by atoms with Crippen molar-refractivity contribution >= 4 is 41.1 Å². The molecule has 0 saturated heterocycles. The van der Waals surface area contributed by atoms with Crippen LogP contribution in [0.5, 0.6) is 0 Å². The molecule has 0 saturated carbocycles. The average Bonchev–Trinajstić information content (AvgIpc) is 2.62. The molecule has 0 spiro atoms. The van der Waals surface area contributed by atoms with Gasteiger partial charge in [0.15, 0.2) is 5.76 Å². The molecule has 0 bridgehead atoms. The molecule has 0 aliphatic rings. The third kappa shape index (κ3) is 8.94. The summed E-state index contributed by atoms with van der Waals surface area (Å²) in [5, 5.41) is -0.351. The van der Waals surface area contributed by atoms with Crippen molar-refractivity contribution in [1.29, 1.82) is 0 Å². The van der Waals surface area contributed by atoms with Crippen molar-refractivity contribution in [3.05, 3.63) is 53.3 Å². The van der Waals surface area contributed by atoms with Crippen molar-refractivity contribution in [3.8, 4) is 0 Å². The highest BCUT2D eigenvalue weighted by Crippen LogP contribution is 2.24. The summed E-state index contributed by atoms with van der Waals surface area (Å²) >= 11 is 6.86. The maximum Gasteiger partial charge on any atom is 0.372 e. The molecule has 1 rings (SSSR count). The van der Waals surface area contributed by atoms with Crippen LogP contribution in [0.25, 0.3) is 5.70 Å². The quantitative estimate of drug-likeness (QED) is 0.136. The van der Waals surface area contributed by atoms with Crippen LogP contribution in [0.15, 0.2) is 52.7 Å². The molecule has 0 radical (unpaired) electrons. The lowest BCUT2D eigenvalue weighted by Gasteiger charge is -2.09. The number of benzene rings is 1. The number of ether oxygens (including phenoxy) is 1. The number of carbonyl (C=O) groups is 1. The number of halogens is 1. The number of unbranched alkanes of at least 4 members (excludes halogenated alkanes) is 5. The second-order valence-electron chi connectivity index (χ2n) is 5.50. The highest BCUT2D eigenvalue weighted by Gasteiger charge is 2.12. The standard InChI is InChI=1S/C20H26ClNO2S/c1-3-4-5-6-7-11-16-25-20(23)24-18(14-15-21)19(22-2)17-12-9-8-10-13-17/h8-10,12-15H,2-7,11,16H2,1H3/b15-14+,19-18+.